The number of fused-ring (bicyclic) bond motifs is 2. The maximum atomic E-state index is 13.0. The van der Waals surface area contributed by atoms with Crippen LogP contribution in [0.2, 0.25) is 0 Å². The van der Waals surface area contributed by atoms with Crippen LogP contribution in [-0.4, -0.2) is 51.0 Å². The fourth-order valence-electron chi connectivity index (χ4n) is 5.29. The standard InChI is InChI=1S/C26H34N4O4/c1-3-15-33-19-6-7-21-23(16-19)34-28-24(21)18-8-12-29(13-9-18)14-10-20-17(2)27-25-22(31)5-4-11-30(25)26(20)32/h6-7,16,18,22,31H,3-5,8-15H2,1-2H3. The highest BCUT2D eigenvalue weighted by atomic mass is 16.5. The Labute approximate surface area is 199 Å². The summed E-state index contributed by atoms with van der Waals surface area (Å²) in [4.78, 5) is 20.0. The van der Waals surface area contributed by atoms with Crippen molar-refractivity contribution < 1.29 is 14.4 Å². The summed E-state index contributed by atoms with van der Waals surface area (Å²) in [6.07, 6.45) is 4.55. The first-order chi connectivity index (χ1) is 16.5. The minimum Gasteiger partial charge on any atom is -0.493 e. The maximum Gasteiger partial charge on any atom is 0.257 e. The Morgan fingerprint density at radius 2 is 2.03 bits per heavy atom. The number of hydrogen-bond acceptors (Lipinski definition) is 7. The van der Waals surface area contributed by atoms with Crippen LogP contribution in [0.15, 0.2) is 27.5 Å². The van der Waals surface area contributed by atoms with Crippen LogP contribution in [0.25, 0.3) is 11.0 Å². The van der Waals surface area contributed by atoms with Crippen LogP contribution in [0.3, 0.4) is 0 Å². The third-order valence-corrected chi connectivity index (χ3v) is 7.25. The first kappa shape index (κ1) is 23.1. The SMILES string of the molecule is CCCOc1ccc2c(C3CCN(CCc4c(C)nc5n(c4=O)CCCC5O)CC3)noc2c1. The number of aryl methyl sites for hydroxylation is 1. The van der Waals surface area contributed by atoms with Crippen molar-refractivity contribution in [1.29, 1.82) is 0 Å². The van der Waals surface area contributed by atoms with Gasteiger partial charge in [0.05, 0.1) is 12.3 Å². The Balaban J connectivity index is 1.21. The Hall–Kier alpha value is -2.71. The van der Waals surface area contributed by atoms with Crippen LogP contribution in [-0.2, 0) is 13.0 Å². The molecule has 0 bridgehead atoms. The highest BCUT2D eigenvalue weighted by molar-refractivity contribution is 5.81. The molecule has 1 fully saturated rings. The Kier molecular flexibility index (Phi) is 6.70. The van der Waals surface area contributed by atoms with E-state index in [2.05, 4.69) is 28.0 Å². The Morgan fingerprint density at radius 1 is 1.21 bits per heavy atom. The third-order valence-electron chi connectivity index (χ3n) is 7.25. The smallest absolute Gasteiger partial charge is 0.257 e. The molecule has 0 spiro atoms. The number of ether oxygens (including phenoxy) is 1. The van der Waals surface area contributed by atoms with Crippen LogP contribution in [0, 0.1) is 6.92 Å². The Bertz CT molecular complexity index is 1210. The van der Waals surface area contributed by atoms with Crippen LogP contribution in [0.5, 0.6) is 5.75 Å². The van der Waals surface area contributed by atoms with Crippen molar-refractivity contribution in [3.8, 4) is 5.75 Å². The second kappa shape index (κ2) is 9.88. The Morgan fingerprint density at radius 3 is 2.82 bits per heavy atom. The molecule has 1 aromatic carbocycles. The van der Waals surface area contributed by atoms with Gasteiger partial charge in [-0.15, -0.1) is 0 Å². The summed E-state index contributed by atoms with van der Waals surface area (Å²) in [5.74, 6) is 1.73. The second-order valence-corrected chi connectivity index (χ2v) is 9.59. The van der Waals surface area contributed by atoms with Crippen LogP contribution in [0.4, 0.5) is 0 Å². The number of aromatic nitrogens is 3. The molecule has 2 aliphatic heterocycles. The van der Waals surface area contributed by atoms with Gasteiger partial charge in [-0.25, -0.2) is 4.98 Å². The number of aliphatic hydroxyl groups excluding tert-OH is 1. The molecule has 8 heteroatoms. The molecule has 4 heterocycles. The molecule has 0 amide bonds. The number of hydrogen-bond donors (Lipinski definition) is 1. The van der Waals surface area contributed by atoms with E-state index >= 15 is 0 Å². The lowest BCUT2D eigenvalue weighted by Gasteiger charge is -2.31. The average Bonchev–Trinajstić information content (AvgIpc) is 3.27. The van der Waals surface area contributed by atoms with E-state index in [0.29, 0.717) is 37.7 Å². The van der Waals surface area contributed by atoms with Gasteiger partial charge in [-0.3, -0.25) is 9.36 Å². The molecule has 1 unspecified atom stereocenters. The number of rotatable bonds is 7. The second-order valence-electron chi connectivity index (χ2n) is 9.59. The van der Waals surface area contributed by atoms with Crippen molar-refractivity contribution in [1.82, 2.24) is 19.6 Å². The number of piperidine rings is 1. The monoisotopic (exact) mass is 466 g/mol. The molecule has 0 saturated carbocycles. The lowest BCUT2D eigenvalue weighted by atomic mass is 9.91. The first-order valence-corrected chi connectivity index (χ1v) is 12.6. The van der Waals surface area contributed by atoms with Crippen LogP contribution >= 0.6 is 0 Å². The summed E-state index contributed by atoms with van der Waals surface area (Å²) in [5, 5.41) is 15.7. The van der Waals surface area contributed by atoms with Gasteiger partial charge in [0.25, 0.3) is 5.56 Å². The zero-order valence-electron chi connectivity index (χ0n) is 20.1. The van der Waals surface area contributed by atoms with Gasteiger partial charge < -0.3 is 19.3 Å². The lowest BCUT2D eigenvalue weighted by molar-refractivity contribution is 0.129. The largest absolute Gasteiger partial charge is 0.493 e. The average molecular weight is 467 g/mol. The molecular formula is C26H34N4O4. The number of nitrogens with zero attached hydrogens (tertiary/aromatic N) is 4. The molecule has 1 saturated heterocycles. The fraction of sp³-hybridized carbons (Fsp3) is 0.577. The fourth-order valence-corrected chi connectivity index (χ4v) is 5.29. The summed E-state index contributed by atoms with van der Waals surface area (Å²) in [6.45, 7) is 8.09. The van der Waals surface area contributed by atoms with E-state index in [0.717, 1.165) is 79.0 Å². The van der Waals surface area contributed by atoms with E-state index in [1.807, 2.05) is 19.1 Å². The topological polar surface area (TPSA) is 93.6 Å². The predicted octanol–water partition coefficient (Wildman–Crippen LogP) is 3.73. The number of likely N-dealkylation sites (tertiary alicyclic amines) is 1. The van der Waals surface area contributed by atoms with Gasteiger partial charge in [0, 0.05) is 41.7 Å². The van der Waals surface area contributed by atoms with Crippen molar-refractivity contribution in [2.24, 2.45) is 0 Å². The van der Waals surface area contributed by atoms with E-state index in [4.69, 9.17) is 9.26 Å². The quantitative estimate of drug-likeness (QED) is 0.567. The van der Waals surface area contributed by atoms with E-state index in [-0.39, 0.29) is 5.56 Å². The molecule has 2 aliphatic rings. The summed E-state index contributed by atoms with van der Waals surface area (Å²) in [6, 6.07) is 6.00. The highest BCUT2D eigenvalue weighted by Gasteiger charge is 2.27. The molecule has 3 aromatic rings. The highest BCUT2D eigenvalue weighted by Crippen LogP contribution is 2.34. The summed E-state index contributed by atoms with van der Waals surface area (Å²) < 4.78 is 13.0. The lowest BCUT2D eigenvalue weighted by Crippen LogP contribution is -2.37. The van der Waals surface area contributed by atoms with Gasteiger partial charge >= 0.3 is 0 Å². The van der Waals surface area contributed by atoms with Crippen molar-refractivity contribution >= 4 is 11.0 Å². The first-order valence-electron chi connectivity index (χ1n) is 12.6. The molecule has 2 aromatic heterocycles. The minimum atomic E-state index is -0.628. The molecule has 182 valence electrons. The molecule has 1 atom stereocenters. The van der Waals surface area contributed by atoms with Crippen molar-refractivity contribution in [2.75, 3.05) is 26.2 Å². The normalized spacial score (nSPS) is 19.4. The van der Waals surface area contributed by atoms with Gasteiger partial charge in [0.1, 0.15) is 17.7 Å². The zero-order valence-corrected chi connectivity index (χ0v) is 20.1. The summed E-state index contributed by atoms with van der Waals surface area (Å²) in [5.41, 5.74) is 3.38. The predicted molar refractivity (Wildman–Crippen MR) is 129 cm³/mol. The minimum absolute atomic E-state index is 0.0208. The van der Waals surface area contributed by atoms with Gasteiger partial charge in [0.15, 0.2) is 5.58 Å². The molecule has 5 rings (SSSR count). The molecule has 0 aliphatic carbocycles. The molecule has 0 radical (unpaired) electrons. The van der Waals surface area contributed by atoms with Gasteiger partial charge in [-0.2, -0.15) is 0 Å². The van der Waals surface area contributed by atoms with Gasteiger partial charge in [0.2, 0.25) is 0 Å². The molecule has 34 heavy (non-hydrogen) atoms. The zero-order chi connectivity index (χ0) is 23.7. The van der Waals surface area contributed by atoms with E-state index in [9.17, 15) is 9.90 Å². The van der Waals surface area contributed by atoms with E-state index in [1.165, 1.54) is 0 Å². The molecule has 1 N–H and O–H groups in total. The van der Waals surface area contributed by atoms with Gasteiger partial charge in [-0.1, -0.05) is 12.1 Å². The third kappa shape index (κ3) is 4.49. The van der Waals surface area contributed by atoms with Gasteiger partial charge in [-0.05, 0) is 70.7 Å². The molecule has 8 nitrogen and oxygen atoms in total. The number of benzene rings is 1. The molecular weight excluding hydrogens is 432 g/mol. The van der Waals surface area contributed by atoms with E-state index < -0.39 is 6.10 Å². The van der Waals surface area contributed by atoms with Crippen molar-refractivity contribution in [3.05, 3.63) is 51.3 Å². The maximum absolute atomic E-state index is 13.0. The summed E-state index contributed by atoms with van der Waals surface area (Å²) in [7, 11) is 0. The van der Waals surface area contributed by atoms with Crippen LogP contribution in [0.1, 0.15) is 73.8 Å². The van der Waals surface area contributed by atoms with Crippen molar-refractivity contribution in [2.45, 2.75) is 70.9 Å². The van der Waals surface area contributed by atoms with E-state index in [1.54, 1.807) is 4.57 Å². The van der Waals surface area contributed by atoms with Crippen LogP contribution < -0.4 is 10.3 Å². The number of aliphatic hydroxyl groups is 1. The van der Waals surface area contributed by atoms with Crippen molar-refractivity contribution in [3.63, 3.8) is 0 Å². The summed E-state index contributed by atoms with van der Waals surface area (Å²) >= 11 is 0.